The second-order valence-electron chi connectivity index (χ2n) is 7.17. The minimum Gasteiger partial charge on any atom is -0.481 e. The number of nitro groups is 1. The summed E-state index contributed by atoms with van der Waals surface area (Å²) in [4.78, 5) is 28.4. The first-order valence-electron chi connectivity index (χ1n) is 9.82. The lowest BCUT2D eigenvalue weighted by molar-refractivity contribution is -0.385. The van der Waals surface area contributed by atoms with Gasteiger partial charge in [-0.25, -0.2) is 4.98 Å². The summed E-state index contributed by atoms with van der Waals surface area (Å²) in [6, 6.07) is 14.9. The van der Waals surface area contributed by atoms with Crippen molar-refractivity contribution >= 4 is 61.9 Å². The molecule has 0 fully saturated rings. The number of nitrogens with zero attached hydrogens (tertiary/aromatic N) is 4. The van der Waals surface area contributed by atoms with Crippen molar-refractivity contribution in [1.29, 1.82) is 0 Å². The van der Waals surface area contributed by atoms with Crippen LogP contribution in [0.3, 0.4) is 0 Å². The molecule has 0 atom stereocenters. The van der Waals surface area contributed by atoms with Crippen LogP contribution in [0.2, 0.25) is 10.0 Å². The van der Waals surface area contributed by atoms with Gasteiger partial charge in [-0.2, -0.15) is 9.78 Å². The van der Waals surface area contributed by atoms with Crippen LogP contribution in [-0.2, 0) is 6.61 Å². The van der Waals surface area contributed by atoms with Gasteiger partial charge in [-0.05, 0) is 37.3 Å². The Morgan fingerprint density at radius 1 is 1.18 bits per heavy atom. The normalized spacial score (nSPS) is 11.3. The zero-order chi connectivity index (χ0) is 24.4. The Labute approximate surface area is 211 Å². The molecule has 0 aliphatic rings. The molecule has 0 aliphatic carbocycles. The van der Waals surface area contributed by atoms with E-state index in [4.69, 9.17) is 27.9 Å². The molecule has 8 nitrogen and oxygen atoms in total. The van der Waals surface area contributed by atoms with Gasteiger partial charge >= 0.3 is 5.69 Å². The lowest BCUT2D eigenvalue weighted by Gasteiger charge is -2.10. The van der Waals surface area contributed by atoms with Gasteiger partial charge in [0.2, 0.25) is 5.75 Å². The Kier molecular flexibility index (Phi) is 6.97. The van der Waals surface area contributed by atoms with Gasteiger partial charge < -0.3 is 4.74 Å². The zero-order valence-corrected chi connectivity index (χ0v) is 20.6. The van der Waals surface area contributed by atoms with Gasteiger partial charge in [-0.1, -0.05) is 57.3 Å². The van der Waals surface area contributed by atoms with Crippen molar-refractivity contribution in [2.45, 2.75) is 13.5 Å². The maximum absolute atomic E-state index is 12.9. The maximum atomic E-state index is 12.9. The van der Waals surface area contributed by atoms with Gasteiger partial charge in [-0.3, -0.25) is 14.9 Å². The number of ether oxygens (including phenoxy) is 1. The van der Waals surface area contributed by atoms with Crippen LogP contribution in [0, 0.1) is 17.0 Å². The summed E-state index contributed by atoms with van der Waals surface area (Å²) in [6.07, 6.45) is 1.30. The van der Waals surface area contributed by atoms with Gasteiger partial charge in [0.05, 0.1) is 27.1 Å². The van der Waals surface area contributed by atoms with Crippen LogP contribution in [0.15, 0.2) is 69.0 Å². The number of halogens is 3. The lowest BCUT2D eigenvalue weighted by atomic mass is 10.2. The van der Waals surface area contributed by atoms with Gasteiger partial charge in [0.1, 0.15) is 12.4 Å². The van der Waals surface area contributed by atoms with Crippen molar-refractivity contribution in [1.82, 2.24) is 9.66 Å². The molecule has 0 N–H and O–H groups in total. The highest BCUT2D eigenvalue weighted by atomic mass is 79.9. The Balaban J connectivity index is 1.69. The third kappa shape index (κ3) is 4.96. The highest BCUT2D eigenvalue weighted by Crippen LogP contribution is 2.36. The first-order valence-corrected chi connectivity index (χ1v) is 11.4. The molecule has 4 aromatic rings. The molecule has 1 heterocycles. The van der Waals surface area contributed by atoms with E-state index >= 15 is 0 Å². The van der Waals surface area contributed by atoms with E-state index in [1.807, 2.05) is 0 Å². The summed E-state index contributed by atoms with van der Waals surface area (Å²) in [5, 5.41) is 16.8. The molecule has 0 spiro atoms. The van der Waals surface area contributed by atoms with E-state index in [1.54, 1.807) is 49.4 Å². The monoisotopic (exact) mass is 560 g/mol. The average Bonchev–Trinajstić information content (AvgIpc) is 2.79. The SMILES string of the molecule is Cc1nc2ccc(Br)cc2c(=O)n1N=Cc1cc(Cl)c(OCc2ccccc2Cl)c([N+](=O)[O-])c1. The van der Waals surface area contributed by atoms with Crippen LogP contribution in [0.1, 0.15) is 17.0 Å². The van der Waals surface area contributed by atoms with E-state index in [0.29, 0.717) is 32.9 Å². The summed E-state index contributed by atoms with van der Waals surface area (Å²) in [5.74, 6) is 0.269. The van der Waals surface area contributed by atoms with Crippen LogP contribution >= 0.6 is 39.1 Å². The Morgan fingerprint density at radius 2 is 1.94 bits per heavy atom. The lowest BCUT2D eigenvalue weighted by Crippen LogP contribution is -2.20. The molecule has 172 valence electrons. The first-order chi connectivity index (χ1) is 16.2. The fraction of sp³-hybridized carbons (Fsp3) is 0.0870. The summed E-state index contributed by atoms with van der Waals surface area (Å²) in [6.45, 7) is 1.64. The van der Waals surface area contributed by atoms with Crippen molar-refractivity contribution in [2.24, 2.45) is 5.10 Å². The Morgan fingerprint density at radius 3 is 2.68 bits per heavy atom. The molecule has 3 aromatic carbocycles. The minimum absolute atomic E-state index is 0.000572. The van der Waals surface area contributed by atoms with Crippen LogP contribution in [0.25, 0.3) is 10.9 Å². The smallest absolute Gasteiger partial charge is 0.313 e. The summed E-state index contributed by atoms with van der Waals surface area (Å²) >= 11 is 15.8. The number of benzene rings is 3. The third-order valence-electron chi connectivity index (χ3n) is 4.87. The molecule has 34 heavy (non-hydrogen) atoms. The van der Waals surface area contributed by atoms with Crippen LogP contribution in [0.5, 0.6) is 5.75 Å². The molecule has 0 aliphatic heterocycles. The number of nitro benzene ring substituents is 1. The largest absolute Gasteiger partial charge is 0.481 e. The van der Waals surface area contributed by atoms with E-state index in [0.717, 1.165) is 9.15 Å². The van der Waals surface area contributed by atoms with Gasteiger partial charge in [0.15, 0.2) is 0 Å². The number of aromatic nitrogens is 2. The molecule has 0 saturated heterocycles. The maximum Gasteiger partial charge on any atom is 0.313 e. The zero-order valence-electron chi connectivity index (χ0n) is 17.5. The Bertz CT molecular complexity index is 1520. The number of hydrogen-bond donors (Lipinski definition) is 0. The molecule has 0 saturated carbocycles. The summed E-state index contributed by atoms with van der Waals surface area (Å²) in [7, 11) is 0. The number of hydrogen-bond acceptors (Lipinski definition) is 6. The average molecular weight is 562 g/mol. The van der Waals surface area contributed by atoms with Gasteiger partial charge in [0, 0.05) is 26.7 Å². The highest BCUT2D eigenvalue weighted by molar-refractivity contribution is 9.10. The fourth-order valence-electron chi connectivity index (χ4n) is 3.24. The first kappa shape index (κ1) is 23.9. The molecule has 0 radical (unpaired) electrons. The second kappa shape index (κ2) is 9.92. The van der Waals surface area contributed by atoms with Crippen molar-refractivity contribution < 1.29 is 9.66 Å². The molecule has 0 unspecified atom stereocenters. The molecule has 1 aromatic heterocycles. The number of fused-ring (bicyclic) bond motifs is 1. The van der Waals surface area contributed by atoms with Crippen molar-refractivity contribution in [2.75, 3.05) is 0 Å². The quantitative estimate of drug-likeness (QED) is 0.160. The topological polar surface area (TPSA) is 99.6 Å². The van der Waals surface area contributed by atoms with Crippen LogP contribution in [0.4, 0.5) is 5.69 Å². The van der Waals surface area contributed by atoms with Gasteiger partial charge in [0.25, 0.3) is 5.56 Å². The number of aryl methyl sites for hydroxylation is 1. The molecule has 0 amide bonds. The molecule has 0 bridgehead atoms. The fourth-order valence-corrected chi connectivity index (χ4v) is 4.07. The van der Waals surface area contributed by atoms with Crippen LogP contribution in [-0.4, -0.2) is 20.8 Å². The highest BCUT2D eigenvalue weighted by Gasteiger charge is 2.21. The predicted molar refractivity (Wildman–Crippen MR) is 135 cm³/mol. The van der Waals surface area contributed by atoms with Crippen molar-refractivity contribution in [3.8, 4) is 5.75 Å². The van der Waals surface area contributed by atoms with Crippen molar-refractivity contribution in [3.05, 3.63) is 107 Å². The van der Waals surface area contributed by atoms with E-state index in [2.05, 4.69) is 26.0 Å². The van der Waals surface area contributed by atoms with Gasteiger partial charge in [-0.15, -0.1) is 0 Å². The van der Waals surface area contributed by atoms with E-state index in [9.17, 15) is 14.9 Å². The van der Waals surface area contributed by atoms with E-state index in [-0.39, 0.29) is 28.6 Å². The number of rotatable bonds is 6. The van der Waals surface area contributed by atoms with Crippen LogP contribution < -0.4 is 10.3 Å². The standard InChI is InChI=1S/C23H15BrCl2N4O4/c1-13-28-20-7-6-16(24)10-17(20)23(31)29(13)27-11-14-8-19(26)22(21(9-14)30(32)33)34-12-15-4-2-3-5-18(15)25/h2-11H,12H2,1H3. The third-order valence-corrected chi connectivity index (χ3v) is 6.01. The molecule has 4 rings (SSSR count). The van der Waals surface area contributed by atoms with E-state index in [1.165, 1.54) is 18.3 Å². The molecular formula is C23H15BrCl2N4O4. The summed E-state index contributed by atoms with van der Waals surface area (Å²) in [5.41, 5.74) is 0.787. The second-order valence-corrected chi connectivity index (χ2v) is 8.90. The molecular weight excluding hydrogens is 547 g/mol. The van der Waals surface area contributed by atoms with E-state index < -0.39 is 4.92 Å². The Hall–Kier alpha value is -3.27. The molecule has 11 heteroatoms. The predicted octanol–water partition coefficient (Wildman–Crippen LogP) is 6.14. The summed E-state index contributed by atoms with van der Waals surface area (Å²) < 4.78 is 7.49. The van der Waals surface area contributed by atoms with Crippen molar-refractivity contribution in [3.63, 3.8) is 0 Å². The minimum atomic E-state index is -0.600.